The number of phosphoric ester groups is 1. The normalized spacial score (nSPS) is 14.0. The highest BCUT2D eigenvalue weighted by Gasteiger charge is 2.28. The summed E-state index contributed by atoms with van der Waals surface area (Å²) >= 11 is 0. The number of quaternary nitrogens is 1. The third-order valence-electron chi connectivity index (χ3n) is 13.1. The summed E-state index contributed by atoms with van der Waals surface area (Å²) in [4.78, 5) is 23.3. The number of hydrogen-bond donors (Lipinski definition) is 3. The van der Waals surface area contributed by atoms with Gasteiger partial charge in [-0.1, -0.05) is 271 Å². The molecule has 0 saturated carbocycles. The molecule has 0 aliphatic heterocycles. The van der Waals surface area contributed by atoms with E-state index in [1.165, 1.54) is 225 Å². The Morgan fingerprint density at radius 2 is 0.762 bits per heavy atom. The lowest BCUT2D eigenvalue weighted by atomic mass is 10.0. The topological polar surface area (TPSA) is 105 Å². The molecule has 0 aromatic rings. The predicted molar refractivity (Wildman–Crippen MR) is 272 cm³/mol. The molecule has 63 heavy (non-hydrogen) atoms. The van der Waals surface area contributed by atoms with Crippen LogP contribution in [-0.4, -0.2) is 73.4 Å². The Hall–Kier alpha value is -0.500. The molecule has 0 aliphatic rings. The summed E-state index contributed by atoms with van der Waals surface area (Å²) in [6.07, 6.45) is 54.3. The Morgan fingerprint density at radius 1 is 0.476 bits per heavy atom. The van der Waals surface area contributed by atoms with Crippen molar-refractivity contribution in [1.82, 2.24) is 5.32 Å². The zero-order valence-corrected chi connectivity index (χ0v) is 44.0. The summed E-state index contributed by atoms with van der Waals surface area (Å²) in [6, 6.07) is -0.754. The summed E-state index contributed by atoms with van der Waals surface area (Å²) in [5.74, 6) is -0.137. The monoisotopic (exact) mass is 916 g/mol. The van der Waals surface area contributed by atoms with Gasteiger partial charge in [-0.15, -0.1) is 0 Å². The van der Waals surface area contributed by atoms with Crippen molar-refractivity contribution in [3.8, 4) is 0 Å². The SMILES string of the molecule is CCCCCCCCCCCCCCCCCCCCCCCCC(O)C(COP(=O)(O)OCC[N+](C)(C)C)NC(=O)CCCCCCCCCCCCCCCCCCCCC. The van der Waals surface area contributed by atoms with Crippen LogP contribution >= 0.6 is 7.82 Å². The fourth-order valence-corrected chi connectivity index (χ4v) is 9.43. The number of unbranched alkanes of at least 4 members (excludes halogenated alkanes) is 39. The molecule has 0 aliphatic carbocycles. The lowest BCUT2D eigenvalue weighted by molar-refractivity contribution is -0.870. The van der Waals surface area contributed by atoms with Crippen molar-refractivity contribution in [1.29, 1.82) is 0 Å². The number of amides is 1. The van der Waals surface area contributed by atoms with Crippen LogP contribution in [0.5, 0.6) is 0 Å². The van der Waals surface area contributed by atoms with Crippen LogP contribution in [0.3, 0.4) is 0 Å². The third-order valence-corrected chi connectivity index (χ3v) is 14.1. The molecule has 0 bridgehead atoms. The van der Waals surface area contributed by atoms with Gasteiger partial charge >= 0.3 is 7.82 Å². The maximum absolute atomic E-state index is 13.0. The van der Waals surface area contributed by atoms with E-state index in [0.29, 0.717) is 23.9 Å². The first-order valence-corrected chi connectivity index (χ1v) is 29.4. The minimum Gasteiger partial charge on any atom is -0.391 e. The van der Waals surface area contributed by atoms with Crippen LogP contribution in [0, 0.1) is 0 Å². The Bertz CT molecular complexity index is 994. The highest BCUT2D eigenvalue weighted by atomic mass is 31.2. The van der Waals surface area contributed by atoms with Gasteiger partial charge in [0.25, 0.3) is 0 Å². The van der Waals surface area contributed by atoms with Crippen molar-refractivity contribution in [2.24, 2.45) is 0 Å². The number of hydrogen-bond acceptors (Lipinski definition) is 5. The van der Waals surface area contributed by atoms with Crippen LogP contribution in [0.1, 0.15) is 290 Å². The number of rotatable bonds is 52. The number of nitrogens with one attached hydrogen (secondary N) is 1. The van der Waals surface area contributed by atoms with Crippen molar-refractivity contribution >= 4 is 13.7 Å². The second-order valence-electron chi connectivity index (χ2n) is 20.7. The average Bonchev–Trinajstić information content (AvgIpc) is 3.24. The van der Waals surface area contributed by atoms with Gasteiger partial charge in [-0.3, -0.25) is 13.8 Å². The van der Waals surface area contributed by atoms with Crippen LogP contribution in [0.25, 0.3) is 0 Å². The van der Waals surface area contributed by atoms with Crippen LogP contribution in [0.15, 0.2) is 0 Å². The fraction of sp³-hybridized carbons (Fsp3) is 0.981. The first-order chi connectivity index (χ1) is 30.5. The summed E-state index contributed by atoms with van der Waals surface area (Å²) in [5.41, 5.74) is 0. The average molecular weight is 916 g/mol. The van der Waals surface area contributed by atoms with Crippen LogP contribution < -0.4 is 5.32 Å². The summed E-state index contributed by atoms with van der Waals surface area (Å²) in [6.45, 7) is 4.94. The highest BCUT2D eigenvalue weighted by molar-refractivity contribution is 7.47. The minimum atomic E-state index is -4.32. The molecule has 9 heteroatoms. The number of aliphatic hydroxyl groups is 1. The Balaban J connectivity index is 4.16. The lowest BCUT2D eigenvalue weighted by Crippen LogP contribution is -2.46. The van der Waals surface area contributed by atoms with Crippen LogP contribution in [0.2, 0.25) is 0 Å². The van der Waals surface area contributed by atoms with E-state index < -0.39 is 20.0 Å². The van der Waals surface area contributed by atoms with Crippen molar-refractivity contribution in [3.05, 3.63) is 0 Å². The molecule has 0 heterocycles. The van der Waals surface area contributed by atoms with E-state index in [1.54, 1.807) is 0 Å². The maximum atomic E-state index is 13.0. The van der Waals surface area contributed by atoms with Gasteiger partial charge in [-0.25, -0.2) is 4.57 Å². The molecule has 0 aromatic carbocycles. The molecular weight excluding hydrogens is 804 g/mol. The van der Waals surface area contributed by atoms with E-state index >= 15 is 0 Å². The summed E-state index contributed by atoms with van der Waals surface area (Å²) in [7, 11) is 1.64. The first-order valence-electron chi connectivity index (χ1n) is 27.9. The number of phosphoric acid groups is 1. The lowest BCUT2D eigenvalue weighted by Gasteiger charge is -2.26. The van der Waals surface area contributed by atoms with Gasteiger partial charge in [0, 0.05) is 6.42 Å². The Labute approximate surface area is 393 Å². The number of carbonyl (C=O) groups excluding carboxylic acids is 1. The van der Waals surface area contributed by atoms with Crippen molar-refractivity contribution in [2.75, 3.05) is 40.9 Å². The standard InChI is InChI=1S/C54H111N2O6P/c1-6-8-10-12-14-16-18-20-22-24-26-27-28-30-31-33-35-37-39-41-43-45-47-53(57)52(51-62-63(59,60)61-50-49-56(3,4)5)55-54(58)48-46-44-42-40-38-36-34-32-29-25-23-21-19-17-15-13-11-9-7-2/h52-53,57H,6-51H2,1-5H3,(H-,55,58,59,60)/p+1. The van der Waals surface area contributed by atoms with Gasteiger partial charge in [-0.05, 0) is 12.8 Å². The van der Waals surface area contributed by atoms with Gasteiger partial charge < -0.3 is 19.8 Å². The number of carbonyl (C=O) groups is 1. The van der Waals surface area contributed by atoms with E-state index in [0.717, 1.165) is 38.5 Å². The van der Waals surface area contributed by atoms with Crippen molar-refractivity contribution in [2.45, 2.75) is 302 Å². The number of aliphatic hydroxyl groups excluding tert-OH is 1. The van der Waals surface area contributed by atoms with Gasteiger partial charge in [-0.2, -0.15) is 0 Å². The molecule has 0 saturated heterocycles. The molecule has 3 N–H and O–H groups in total. The van der Waals surface area contributed by atoms with E-state index in [9.17, 15) is 19.4 Å². The van der Waals surface area contributed by atoms with E-state index in [-0.39, 0.29) is 19.1 Å². The molecule has 8 nitrogen and oxygen atoms in total. The molecule has 378 valence electrons. The molecule has 3 atom stereocenters. The van der Waals surface area contributed by atoms with Crippen molar-refractivity contribution in [3.63, 3.8) is 0 Å². The molecular formula is C54H112N2O6P+. The van der Waals surface area contributed by atoms with Gasteiger partial charge in [0.05, 0.1) is 39.9 Å². The molecule has 3 unspecified atom stereocenters. The zero-order chi connectivity index (χ0) is 46.4. The predicted octanol–water partition coefficient (Wildman–Crippen LogP) is 16.5. The summed E-state index contributed by atoms with van der Waals surface area (Å²) in [5, 5.41) is 14.1. The minimum absolute atomic E-state index is 0.0791. The Morgan fingerprint density at radius 3 is 1.06 bits per heavy atom. The van der Waals surface area contributed by atoms with Crippen molar-refractivity contribution < 1.29 is 32.9 Å². The van der Waals surface area contributed by atoms with E-state index in [4.69, 9.17) is 9.05 Å². The molecule has 0 rings (SSSR count). The van der Waals surface area contributed by atoms with E-state index in [2.05, 4.69) is 19.2 Å². The van der Waals surface area contributed by atoms with Crippen LogP contribution in [-0.2, 0) is 18.4 Å². The quantitative estimate of drug-likeness (QED) is 0.0319. The first kappa shape index (κ1) is 62.5. The van der Waals surface area contributed by atoms with E-state index in [1.807, 2.05) is 21.1 Å². The molecule has 1 amide bonds. The molecule has 0 fully saturated rings. The second-order valence-corrected chi connectivity index (χ2v) is 22.1. The Kier molecular flexibility index (Phi) is 46.2. The highest BCUT2D eigenvalue weighted by Crippen LogP contribution is 2.43. The molecule has 0 spiro atoms. The zero-order valence-electron chi connectivity index (χ0n) is 43.1. The largest absolute Gasteiger partial charge is 0.472 e. The maximum Gasteiger partial charge on any atom is 0.472 e. The fourth-order valence-electron chi connectivity index (χ4n) is 8.70. The third kappa shape index (κ3) is 49.2. The summed E-state index contributed by atoms with van der Waals surface area (Å²) < 4.78 is 23.8. The second kappa shape index (κ2) is 46.6. The molecule has 0 radical (unpaired) electrons. The van der Waals surface area contributed by atoms with Gasteiger partial charge in [0.2, 0.25) is 5.91 Å². The van der Waals surface area contributed by atoms with Gasteiger partial charge in [0.1, 0.15) is 13.2 Å². The smallest absolute Gasteiger partial charge is 0.391 e. The van der Waals surface area contributed by atoms with Gasteiger partial charge in [0.15, 0.2) is 0 Å². The number of likely N-dealkylation sites (N-methyl/N-ethyl adjacent to an activating group) is 1. The number of nitrogens with zero attached hydrogens (tertiary/aromatic N) is 1. The van der Waals surface area contributed by atoms with Crippen LogP contribution in [0.4, 0.5) is 0 Å². The molecule has 0 aromatic heterocycles.